The number of carbonyl (C=O) groups excluding carboxylic acids is 1. The average Bonchev–Trinajstić information content (AvgIpc) is 2.34. The molecular formula is C14H30O6Si2. The van der Waals surface area contributed by atoms with Crippen LogP contribution in [0.25, 0.3) is 0 Å². The Morgan fingerprint density at radius 1 is 1.32 bits per heavy atom. The zero-order chi connectivity index (χ0) is 17.8. The summed E-state index contributed by atoms with van der Waals surface area (Å²) in [5.74, 6) is -3.06. The first kappa shape index (κ1) is 21.5. The van der Waals surface area contributed by atoms with Crippen molar-refractivity contribution in [2.75, 3.05) is 6.61 Å². The molecule has 0 aromatic rings. The predicted molar refractivity (Wildman–Crippen MR) is 90.3 cm³/mol. The van der Waals surface area contributed by atoms with Gasteiger partial charge in [-0.2, -0.15) is 0 Å². The van der Waals surface area contributed by atoms with Crippen molar-refractivity contribution in [1.29, 1.82) is 0 Å². The summed E-state index contributed by atoms with van der Waals surface area (Å²) in [5.41, 5.74) is -0.599. The van der Waals surface area contributed by atoms with Crippen molar-refractivity contribution in [3.05, 3.63) is 12.7 Å². The molecule has 6 nitrogen and oxygen atoms in total. The summed E-state index contributed by atoms with van der Waals surface area (Å²) in [6, 6.07) is 0. The highest BCUT2D eigenvalue weighted by molar-refractivity contribution is 6.85. The summed E-state index contributed by atoms with van der Waals surface area (Å²) >= 11 is 0. The lowest BCUT2D eigenvalue weighted by molar-refractivity contribution is -0.253. The maximum absolute atomic E-state index is 11.6. The third-order valence-corrected chi connectivity index (χ3v) is 10.5. The number of hydrogen-bond donors (Lipinski definition) is 3. The van der Waals surface area contributed by atoms with E-state index >= 15 is 0 Å². The molecule has 0 aliphatic carbocycles. The fourth-order valence-corrected chi connectivity index (χ4v) is 12.0. The molecule has 0 aliphatic heterocycles. The van der Waals surface area contributed by atoms with Gasteiger partial charge in [0, 0.05) is 11.6 Å². The summed E-state index contributed by atoms with van der Waals surface area (Å²) in [6.07, 6.45) is -0.268. The quantitative estimate of drug-likeness (QED) is 0.253. The van der Waals surface area contributed by atoms with E-state index in [9.17, 15) is 20.1 Å². The van der Waals surface area contributed by atoms with Crippen LogP contribution in [0.15, 0.2) is 12.7 Å². The van der Waals surface area contributed by atoms with Crippen LogP contribution >= 0.6 is 0 Å². The highest BCUT2D eigenvalue weighted by Gasteiger charge is 2.54. The van der Waals surface area contributed by atoms with E-state index in [-0.39, 0.29) is 0 Å². The standard InChI is InChI=1S/C14H30O6Si2/c1-8-12(22(6,7)20-21(3,4)5)14(18,11(16)10-15)19-13(17)9-2/h9,11-12,15-16,18H,2,8,10H2,1,3-7H3. The zero-order valence-corrected chi connectivity index (χ0v) is 16.4. The third-order valence-electron chi connectivity index (χ3n) is 3.40. The summed E-state index contributed by atoms with van der Waals surface area (Å²) in [4.78, 5) is 11.6. The molecule has 0 bridgehead atoms. The molecule has 8 heteroatoms. The second-order valence-electron chi connectivity index (χ2n) is 6.85. The zero-order valence-electron chi connectivity index (χ0n) is 14.4. The molecule has 0 aromatic carbocycles. The summed E-state index contributed by atoms with van der Waals surface area (Å²) in [7, 11) is -4.43. The van der Waals surface area contributed by atoms with Crippen molar-refractivity contribution in [1.82, 2.24) is 0 Å². The van der Waals surface area contributed by atoms with E-state index in [1.165, 1.54) is 0 Å². The fourth-order valence-electron chi connectivity index (χ4n) is 2.85. The van der Waals surface area contributed by atoms with Crippen LogP contribution < -0.4 is 0 Å². The van der Waals surface area contributed by atoms with Crippen molar-refractivity contribution in [2.45, 2.75) is 63.5 Å². The van der Waals surface area contributed by atoms with Gasteiger partial charge < -0.3 is 24.2 Å². The van der Waals surface area contributed by atoms with Gasteiger partial charge in [-0.05, 0) is 39.2 Å². The lowest BCUT2D eigenvalue weighted by atomic mass is 10.0. The number of aliphatic hydroxyl groups excluding tert-OH is 2. The molecule has 0 fully saturated rings. The maximum atomic E-state index is 11.6. The molecule has 22 heavy (non-hydrogen) atoms. The molecule has 0 saturated carbocycles. The van der Waals surface area contributed by atoms with E-state index in [0.717, 1.165) is 6.08 Å². The van der Waals surface area contributed by atoms with Gasteiger partial charge in [-0.25, -0.2) is 4.79 Å². The van der Waals surface area contributed by atoms with E-state index in [2.05, 4.69) is 6.58 Å². The van der Waals surface area contributed by atoms with Crippen LogP contribution in [0.5, 0.6) is 0 Å². The van der Waals surface area contributed by atoms with Crippen LogP contribution in [0.2, 0.25) is 38.3 Å². The first-order chi connectivity index (χ1) is 9.84. The molecule has 0 rings (SSSR count). The van der Waals surface area contributed by atoms with Crippen molar-refractivity contribution >= 4 is 22.6 Å². The summed E-state index contributed by atoms with van der Waals surface area (Å²) < 4.78 is 11.3. The minimum Gasteiger partial charge on any atom is -0.455 e. The Morgan fingerprint density at radius 3 is 2.14 bits per heavy atom. The maximum Gasteiger partial charge on any atom is 0.332 e. The molecule has 3 unspecified atom stereocenters. The van der Waals surface area contributed by atoms with Crippen molar-refractivity contribution < 1.29 is 29.0 Å². The Labute approximate surface area is 135 Å². The van der Waals surface area contributed by atoms with Gasteiger partial charge >= 0.3 is 5.97 Å². The Kier molecular flexibility index (Phi) is 7.66. The normalized spacial score (nSPS) is 18.2. The highest BCUT2D eigenvalue weighted by atomic mass is 28.4. The fraction of sp³-hybridized carbons (Fsp3) is 0.786. The molecule has 0 aromatic heterocycles. The largest absolute Gasteiger partial charge is 0.455 e. The monoisotopic (exact) mass is 350 g/mol. The molecule has 0 heterocycles. The number of carbonyl (C=O) groups is 1. The van der Waals surface area contributed by atoms with Crippen LogP contribution in [-0.4, -0.2) is 56.4 Å². The average molecular weight is 351 g/mol. The Bertz CT molecular complexity index is 393. The lowest BCUT2D eigenvalue weighted by Gasteiger charge is -2.46. The number of hydrogen-bond acceptors (Lipinski definition) is 6. The van der Waals surface area contributed by atoms with E-state index in [0.29, 0.717) is 6.42 Å². The molecule has 0 aliphatic rings. The van der Waals surface area contributed by atoms with E-state index < -0.39 is 46.6 Å². The van der Waals surface area contributed by atoms with Crippen molar-refractivity contribution in [2.24, 2.45) is 0 Å². The summed E-state index contributed by atoms with van der Waals surface area (Å²) in [6.45, 7) is 14.3. The van der Waals surface area contributed by atoms with Crippen LogP contribution in [0.1, 0.15) is 13.3 Å². The van der Waals surface area contributed by atoms with Crippen LogP contribution in [-0.2, 0) is 13.6 Å². The van der Waals surface area contributed by atoms with Gasteiger partial charge in [0.25, 0.3) is 0 Å². The second kappa shape index (κ2) is 7.84. The Morgan fingerprint density at radius 2 is 1.82 bits per heavy atom. The summed E-state index contributed by atoms with van der Waals surface area (Å²) in [5, 5.41) is 30.1. The van der Waals surface area contributed by atoms with Crippen molar-refractivity contribution in [3.63, 3.8) is 0 Å². The number of rotatable bonds is 9. The minimum absolute atomic E-state index is 0.432. The van der Waals surface area contributed by atoms with Gasteiger partial charge in [-0.3, -0.25) is 0 Å². The Balaban J connectivity index is 5.74. The molecule has 0 spiro atoms. The third kappa shape index (κ3) is 5.60. The van der Waals surface area contributed by atoms with Gasteiger partial charge in [-0.1, -0.05) is 13.5 Å². The number of esters is 1. The van der Waals surface area contributed by atoms with Gasteiger partial charge in [0.05, 0.1) is 6.61 Å². The lowest BCUT2D eigenvalue weighted by Crippen LogP contribution is -2.60. The molecule has 130 valence electrons. The van der Waals surface area contributed by atoms with E-state index in [1.54, 1.807) is 0 Å². The van der Waals surface area contributed by atoms with Gasteiger partial charge in [0.2, 0.25) is 5.79 Å². The highest BCUT2D eigenvalue weighted by Crippen LogP contribution is 2.41. The molecular weight excluding hydrogens is 320 g/mol. The first-order valence-corrected chi connectivity index (χ1v) is 13.8. The molecule has 3 atom stereocenters. The van der Waals surface area contributed by atoms with Crippen molar-refractivity contribution in [3.8, 4) is 0 Å². The number of aliphatic hydroxyl groups is 3. The second-order valence-corrected chi connectivity index (χ2v) is 15.8. The van der Waals surface area contributed by atoms with Gasteiger partial charge in [0.1, 0.15) is 6.10 Å². The van der Waals surface area contributed by atoms with Crippen LogP contribution in [0, 0.1) is 0 Å². The van der Waals surface area contributed by atoms with E-state index in [1.807, 2.05) is 39.7 Å². The molecule has 0 radical (unpaired) electrons. The molecule has 0 amide bonds. The molecule has 3 N–H and O–H groups in total. The smallest absolute Gasteiger partial charge is 0.332 e. The molecule has 0 saturated heterocycles. The SMILES string of the molecule is C=CC(=O)OC(O)(C(O)CO)C(CC)[Si](C)(C)O[Si](C)(C)C. The first-order valence-electron chi connectivity index (χ1n) is 7.41. The minimum atomic E-state index is -2.53. The predicted octanol–water partition coefficient (Wildman–Crippen LogP) is 1.59. The Hall–Kier alpha value is -0.516. The number of ether oxygens (including phenoxy) is 1. The van der Waals surface area contributed by atoms with Gasteiger partial charge in [-0.15, -0.1) is 0 Å². The van der Waals surface area contributed by atoms with E-state index in [4.69, 9.17) is 8.85 Å². The topological polar surface area (TPSA) is 96.2 Å². The van der Waals surface area contributed by atoms with Crippen LogP contribution in [0.3, 0.4) is 0 Å². The van der Waals surface area contributed by atoms with Gasteiger partial charge in [0.15, 0.2) is 16.6 Å². The van der Waals surface area contributed by atoms with Crippen LogP contribution in [0.4, 0.5) is 0 Å².